The minimum atomic E-state index is -1.36. The van der Waals surface area contributed by atoms with Crippen LogP contribution in [0.4, 0.5) is 0 Å². The monoisotopic (exact) mass is 236 g/mol. The van der Waals surface area contributed by atoms with Gasteiger partial charge in [-0.1, -0.05) is 13.3 Å². The zero-order valence-corrected chi connectivity index (χ0v) is 9.32. The van der Waals surface area contributed by atoms with Crippen LogP contribution in [0.1, 0.15) is 19.8 Å². The van der Waals surface area contributed by atoms with Gasteiger partial charge in [0.1, 0.15) is 24.4 Å². The molecule has 4 N–H and O–H groups in total. The zero-order valence-electron chi connectivity index (χ0n) is 9.32. The Kier molecular flexibility index (Phi) is 5.60. The van der Waals surface area contributed by atoms with Crippen molar-refractivity contribution in [2.24, 2.45) is 0 Å². The summed E-state index contributed by atoms with van der Waals surface area (Å²) in [5.74, 6) is 0. The molecule has 6 heteroatoms. The predicted octanol–water partition coefficient (Wildman–Crippen LogP) is -1.40. The van der Waals surface area contributed by atoms with Gasteiger partial charge in [-0.05, 0) is 6.42 Å². The van der Waals surface area contributed by atoms with Crippen LogP contribution in [-0.4, -0.2) is 64.3 Å². The highest BCUT2D eigenvalue weighted by Gasteiger charge is 2.43. The minimum absolute atomic E-state index is 0.402. The first-order chi connectivity index (χ1) is 7.61. The van der Waals surface area contributed by atoms with Crippen molar-refractivity contribution in [1.82, 2.24) is 0 Å². The first-order valence-electron chi connectivity index (χ1n) is 5.54. The van der Waals surface area contributed by atoms with E-state index in [4.69, 9.17) is 14.6 Å². The van der Waals surface area contributed by atoms with Gasteiger partial charge < -0.3 is 29.9 Å². The SMILES string of the molecule is CCCCO[C@@H]1O[C@H](CO)[C@H](O)[C@@H](O)[C@@H]1O. The topological polar surface area (TPSA) is 99.4 Å². The highest BCUT2D eigenvalue weighted by molar-refractivity contribution is 4.88. The van der Waals surface area contributed by atoms with Gasteiger partial charge in [-0.2, -0.15) is 0 Å². The molecule has 1 aliphatic heterocycles. The van der Waals surface area contributed by atoms with Crippen molar-refractivity contribution in [3.8, 4) is 0 Å². The molecule has 0 aromatic rings. The molecule has 0 amide bonds. The average molecular weight is 236 g/mol. The lowest BCUT2D eigenvalue weighted by atomic mass is 9.99. The molecule has 0 radical (unpaired) electrons. The van der Waals surface area contributed by atoms with Crippen molar-refractivity contribution in [1.29, 1.82) is 0 Å². The third-order valence-corrected chi connectivity index (χ3v) is 2.63. The fraction of sp³-hybridized carbons (Fsp3) is 1.00. The summed E-state index contributed by atoms with van der Waals surface area (Å²) in [5.41, 5.74) is 0. The number of aliphatic hydroxyl groups excluding tert-OH is 4. The third kappa shape index (κ3) is 3.13. The molecule has 0 saturated carbocycles. The fourth-order valence-electron chi connectivity index (χ4n) is 1.55. The van der Waals surface area contributed by atoms with E-state index < -0.39 is 37.3 Å². The summed E-state index contributed by atoms with van der Waals surface area (Å²) in [6.45, 7) is 1.97. The van der Waals surface area contributed by atoms with E-state index in [2.05, 4.69) is 0 Å². The van der Waals surface area contributed by atoms with Crippen molar-refractivity contribution in [2.75, 3.05) is 13.2 Å². The Morgan fingerprint density at radius 1 is 1.12 bits per heavy atom. The Morgan fingerprint density at radius 2 is 1.81 bits per heavy atom. The van der Waals surface area contributed by atoms with E-state index >= 15 is 0 Å². The van der Waals surface area contributed by atoms with Crippen LogP contribution in [0.5, 0.6) is 0 Å². The summed E-state index contributed by atoms with van der Waals surface area (Å²) in [6.07, 6.45) is -4.13. The Labute approximate surface area is 94.4 Å². The second-order valence-corrected chi connectivity index (χ2v) is 3.92. The van der Waals surface area contributed by atoms with Crippen LogP contribution in [0.3, 0.4) is 0 Å². The van der Waals surface area contributed by atoms with Gasteiger partial charge in [0.15, 0.2) is 6.29 Å². The number of ether oxygens (including phenoxy) is 2. The Bertz CT molecular complexity index is 198. The number of hydrogen-bond donors (Lipinski definition) is 4. The average Bonchev–Trinajstić information content (AvgIpc) is 2.29. The Balaban J connectivity index is 2.50. The van der Waals surface area contributed by atoms with Crippen LogP contribution in [0.2, 0.25) is 0 Å². The van der Waals surface area contributed by atoms with Crippen molar-refractivity contribution in [2.45, 2.75) is 50.5 Å². The fourth-order valence-corrected chi connectivity index (χ4v) is 1.55. The molecular weight excluding hydrogens is 216 g/mol. The normalized spacial score (nSPS) is 39.9. The highest BCUT2D eigenvalue weighted by atomic mass is 16.7. The molecule has 0 aliphatic carbocycles. The van der Waals surface area contributed by atoms with Gasteiger partial charge in [0, 0.05) is 6.61 Å². The lowest BCUT2D eigenvalue weighted by Crippen LogP contribution is -2.59. The molecule has 5 atom stereocenters. The third-order valence-electron chi connectivity index (χ3n) is 2.63. The molecule has 6 nitrogen and oxygen atoms in total. The first-order valence-corrected chi connectivity index (χ1v) is 5.54. The molecule has 0 aromatic heterocycles. The van der Waals surface area contributed by atoms with Crippen molar-refractivity contribution in [3.05, 3.63) is 0 Å². The molecule has 1 rings (SSSR count). The van der Waals surface area contributed by atoms with Gasteiger partial charge in [-0.15, -0.1) is 0 Å². The molecule has 0 unspecified atom stereocenters. The molecular formula is C10H20O6. The van der Waals surface area contributed by atoms with E-state index in [9.17, 15) is 15.3 Å². The van der Waals surface area contributed by atoms with E-state index in [-0.39, 0.29) is 0 Å². The molecule has 1 saturated heterocycles. The molecule has 1 fully saturated rings. The second-order valence-electron chi connectivity index (χ2n) is 3.92. The smallest absolute Gasteiger partial charge is 0.186 e. The second kappa shape index (κ2) is 6.48. The molecule has 1 heterocycles. The van der Waals surface area contributed by atoms with E-state index in [1.807, 2.05) is 6.92 Å². The number of rotatable bonds is 5. The Hall–Kier alpha value is -0.240. The van der Waals surface area contributed by atoms with Gasteiger partial charge >= 0.3 is 0 Å². The predicted molar refractivity (Wildman–Crippen MR) is 54.6 cm³/mol. The Morgan fingerprint density at radius 3 is 2.38 bits per heavy atom. The van der Waals surface area contributed by atoms with Crippen LogP contribution in [0.15, 0.2) is 0 Å². The lowest BCUT2D eigenvalue weighted by molar-refractivity contribution is -0.301. The van der Waals surface area contributed by atoms with Gasteiger partial charge in [0.05, 0.1) is 6.61 Å². The summed E-state index contributed by atoms with van der Waals surface area (Å²) in [6, 6.07) is 0. The summed E-state index contributed by atoms with van der Waals surface area (Å²) in [5, 5.41) is 37.5. The number of unbranched alkanes of at least 4 members (excludes halogenated alkanes) is 1. The van der Waals surface area contributed by atoms with Crippen LogP contribution in [0, 0.1) is 0 Å². The quantitative estimate of drug-likeness (QED) is 0.438. The molecule has 0 spiro atoms. The van der Waals surface area contributed by atoms with Crippen LogP contribution >= 0.6 is 0 Å². The van der Waals surface area contributed by atoms with Crippen LogP contribution in [-0.2, 0) is 9.47 Å². The molecule has 96 valence electrons. The summed E-state index contributed by atoms with van der Waals surface area (Å²) < 4.78 is 10.4. The maximum absolute atomic E-state index is 9.58. The molecule has 16 heavy (non-hydrogen) atoms. The largest absolute Gasteiger partial charge is 0.394 e. The van der Waals surface area contributed by atoms with Crippen LogP contribution in [0.25, 0.3) is 0 Å². The van der Waals surface area contributed by atoms with Gasteiger partial charge in [-0.25, -0.2) is 0 Å². The van der Waals surface area contributed by atoms with Crippen LogP contribution < -0.4 is 0 Å². The van der Waals surface area contributed by atoms with Crippen molar-refractivity contribution < 1.29 is 29.9 Å². The summed E-state index contributed by atoms with van der Waals surface area (Å²) in [7, 11) is 0. The van der Waals surface area contributed by atoms with E-state index in [0.29, 0.717) is 6.61 Å². The van der Waals surface area contributed by atoms with E-state index in [1.165, 1.54) is 0 Å². The number of aliphatic hydroxyl groups is 4. The summed E-state index contributed by atoms with van der Waals surface area (Å²) >= 11 is 0. The van der Waals surface area contributed by atoms with E-state index in [0.717, 1.165) is 12.8 Å². The van der Waals surface area contributed by atoms with Crippen molar-refractivity contribution in [3.63, 3.8) is 0 Å². The molecule has 0 bridgehead atoms. The van der Waals surface area contributed by atoms with E-state index in [1.54, 1.807) is 0 Å². The lowest BCUT2D eigenvalue weighted by Gasteiger charge is -2.39. The molecule has 1 aliphatic rings. The minimum Gasteiger partial charge on any atom is -0.394 e. The van der Waals surface area contributed by atoms with Gasteiger partial charge in [0.25, 0.3) is 0 Å². The summed E-state index contributed by atoms with van der Waals surface area (Å²) in [4.78, 5) is 0. The highest BCUT2D eigenvalue weighted by Crippen LogP contribution is 2.21. The maximum Gasteiger partial charge on any atom is 0.186 e. The first kappa shape index (κ1) is 13.8. The van der Waals surface area contributed by atoms with Crippen molar-refractivity contribution >= 4 is 0 Å². The maximum atomic E-state index is 9.58. The molecule has 0 aromatic carbocycles. The zero-order chi connectivity index (χ0) is 12.1. The van der Waals surface area contributed by atoms with Gasteiger partial charge in [-0.3, -0.25) is 0 Å². The number of hydrogen-bond acceptors (Lipinski definition) is 6. The standard InChI is InChI=1S/C10H20O6/c1-2-3-4-15-10-9(14)8(13)7(12)6(5-11)16-10/h6-14H,2-5H2,1H3/t6-,7+,8-,9+,10-/m1/s1. The van der Waals surface area contributed by atoms with Gasteiger partial charge in [0.2, 0.25) is 0 Å².